The van der Waals surface area contributed by atoms with Gasteiger partial charge in [0.15, 0.2) is 0 Å². The summed E-state index contributed by atoms with van der Waals surface area (Å²) < 4.78 is 52.5. The molecule has 0 aliphatic carbocycles. The van der Waals surface area contributed by atoms with E-state index in [1.54, 1.807) is 18.2 Å². The molecule has 0 aromatic heterocycles. The van der Waals surface area contributed by atoms with Crippen LogP contribution in [0.5, 0.6) is 17.2 Å². The highest BCUT2D eigenvalue weighted by Gasteiger charge is 2.39. The molecule has 0 radical (unpaired) electrons. The molecule has 0 amide bonds. The number of benzene rings is 9. The Kier molecular flexibility index (Phi) is 21.6. The highest BCUT2D eigenvalue weighted by molar-refractivity contribution is 9.14. The van der Waals surface area contributed by atoms with Gasteiger partial charge in [0.25, 0.3) is 0 Å². The predicted octanol–water partition coefficient (Wildman–Crippen LogP) is 29.1. The molecular weight excluding hydrogens is 2180 g/mol. The van der Waals surface area contributed by atoms with Crippen LogP contribution in [0.25, 0.3) is 66.8 Å². The summed E-state index contributed by atoms with van der Waals surface area (Å²) in [6, 6.07) is 40.1. The number of phosphoric acid groups is 1. The Labute approximate surface area is 594 Å². The van der Waals surface area contributed by atoms with Gasteiger partial charge in [-0.15, -0.1) is 0 Å². The molecule has 0 fully saturated rings. The minimum absolute atomic E-state index is 0.167. The molecule has 0 aliphatic rings. The Morgan fingerprint density at radius 3 is 0.584 bits per heavy atom. The number of hydrogen-bond donors (Lipinski definition) is 0. The largest absolute Gasteiger partial charge is 0.647 e. The van der Waals surface area contributed by atoms with Crippen molar-refractivity contribution in [3.63, 3.8) is 0 Å². The van der Waals surface area contributed by atoms with E-state index in [0.717, 1.165) is 87.1 Å². The zero-order valence-corrected chi connectivity index (χ0v) is 67.0. The van der Waals surface area contributed by atoms with Crippen molar-refractivity contribution in [2.45, 2.75) is 0 Å². The van der Waals surface area contributed by atoms with Crippen molar-refractivity contribution < 1.29 is 18.1 Å². The normalized spacial score (nSPS) is 11.6. The zero-order chi connectivity index (χ0) is 55.5. The Balaban J connectivity index is 1.39. The third kappa shape index (κ3) is 13.8. The second-order valence-electron chi connectivity index (χ2n) is 16.2. The van der Waals surface area contributed by atoms with E-state index in [2.05, 4.69) is 287 Å². The maximum Gasteiger partial charge on any atom is 0.647 e. The fourth-order valence-electron chi connectivity index (χ4n) is 8.38. The van der Waals surface area contributed by atoms with Crippen LogP contribution in [-0.4, -0.2) is 0 Å². The van der Waals surface area contributed by atoms with E-state index in [1.165, 1.54) is 0 Å². The summed E-state index contributed by atoms with van der Waals surface area (Å²) in [7, 11) is -5.09. The first kappa shape index (κ1) is 62.8. The summed E-state index contributed by atoms with van der Waals surface area (Å²) >= 11 is 68.5. The van der Waals surface area contributed by atoms with Gasteiger partial charge in [-0.05, 0) is 108 Å². The average molecular weight is 2200 g/mol. The van der Waals surface area contributed by atoms with Crippen LogP contribution in [0.15, 0.2) is 208 Å². The summed E-state index contributed by atoms with van der Waals surface area (Å²) in [6.45, 7) is 0. The Bertz CT molecular complexity index is 3420. The fourth-order valence-corrected chi connectivity index (χ4v) is 25.7. The number of phosphoric ester groups is 1. The van der Waals surface area contributed by atoms with Gasteiger partial charge in [0.05, 0.1) is 0 Å². The Morgan fingerprint density at radius 2 is 0.403 bits per heavy atom. The van der Waals surface area contributed by atoms with Crippen LogP contribution in [0.1, 0.15) is 0 Å². The predicted molar refractivity (Wildman–Crippen MR) is 380 cm³/mol. The third-order valence-corrected chi connectivity index (χ3v) is 22.8. The molecule has 0 saturated carbocycles. The van der Waals surface area contributed by atoms with E-state index in [1.807, 2.05) is 109 Å². The fraction of sp³-hybridized carbons (Fsp3) is 0. The van der Waals surface area contributed by atoms with Gasteiger partial charge in [-0.1, -0.05) is 323 Å². The van der Waals surface area contributed by atoms with Crippen LogP contribution in [0, 0.1) is 0 Å². The third-order valence-electron chi connectivity index (χ3n) is 11.3. The maximum atomic E-state index is 17.2. The summed E-state index contributed by atoms with van der Waals surface area (Å²) in [6.07, 6.45) is 0. The lowest BCUT2D eigenvalue weighted by molar-refractivity contribution is 0.299. The monoisotopic (exact) mass is 2180 g/mol. The SMILES string of the molecule is O=P(Oc1cccc(-c2c(Br)cc(Br)cc2Br)c1-c1c(Br)cc(Br)cc1Br)(Oc1cccc(-c2c(Br)cc(Br)cc2Br)c1-c1c(Br)cc(Br)cc1Br)Oc1cccc(-c2c(Br)cc(Br)cc2Br)c1-c1c(Br)cc(Br)cc1Br. The Hall–Kier alpha value is 1.25. The first-order valence-electron chi connectivity index (χ1n) is 21.4. The van der Waals surface area contributed by atoms with Crippen LogP contribution in [0.3, 0.4) is 0 Å². The summed E-state index contributed by atoms with van der Waals surface area (Å²) in [4.78, 5) is 0. The lowest BCUT2D eigenvalue weighted by atomic mass is 9.93. The smallest absolute Gasteiger partial charge is 0.385 e. The molecular formula is C54H21Br18O4P. The number of hydrogen-bond acceptors (Lipinski definition) is 4. The minimum atomic E-state index is -5.09. The molecule has 0 atom stereocenters. The molecule has 9 rings (SSSR count). The van der Waals surface area contributed by atoms with Crippen molar-refractivity contribution in [2.75, 3.05) is 0 Å². The lowest BCUT2D eigenvalue weighted by Gasteiger charge is -2.27. The van der Waals surface area contributed by atoms with Crippen LogP contribution in [0.2, 0.25) is 0 Å². The summed E-state index contributed by atoms with van der Waals surface area (Å²) in [5.74, 6) is 0.501. The van der Waals surface area contributed by atoms with Gasteiger partial charge in [0.1, 0.15) is 17.2 Å². The van der Waals surface area contributed by atoms with Crippen LogP contribution in [-0.2, 0) is 4.57 Å². The lowest BCUT2D eigenvalue weighted by Crippen LogP contribution is -2.10. The summed E-state index contributed by atoms with van der Waals surface area (Å²) in [5.41, 5.74) is 8.28. The van der Waals surface area contributed by atoms with Gasteiger partial charge in [0, 0.05) is 131 Å². The van der Waals surface area contributed by atoms with Crippen molar-refractivity contribution in [3.8, 4) is 84.0 Å². The molecule has 0 aliphatic heterocycles. The van der Waals surface area contributed by atoms with E-state index >= 15 is 4.57 Å². The van der Waals surface area contributed by atoms with E-state index in [0.29, 0.717) is 60.2 Å². The number of rotatable bonds is 12. The van der Waals surface area contributed by atoms with Crippen molar-refractivity contribution in [1.82, 2.24) is 0 Å². The molecule has 392 valence electrons. The first-order chi connectivity index (χ1) is 36.4. The van der Waals surface area contributed by atoms with E-state index in [9.17, 15) is 0 Å². The van der Waals surface area contributed by atoms with Crippen molar-refractivity contribution in [3.05, 3.63) is 208 Å². The van der Waals surface area contributed by atoms with Crippen molar-refractivity contribution >= 4 is 295 Å². The number of halogens is 18. The van der Waals surface area contributed by atoms with Crippen LogP contribution >= 0.6 is 295 Å². The molecule has 4 nitrogen and oxygen atoms in total. The minimum Gasteiger partial charge on any atom is -0.385 e. The molecule has 9 aromatic rings. The molecule has 0 heterocycles. The second-order valence-corrected chi connectivity index (χ2v) is 33.4. The molecule has 0 spiro atoms. The topological polar surface area (TPSA) is 44.8 Å². The second kappa shape index (κ2) is 26.5. The van der Waals surface area contributed by atoms with Crippen molar-refractivity contribution in [1.29, 1.82) is 0 Å². The molecule has 0 N–H and O–H groups in total. The van der Waals surface area contributed by atoms with E-state index < -0.39 is 7.82 Å². The van der Waals surface area contributed by atoms with Gasteiger partial charge < -0.3 is 13.6 Å². The van der Waals surface area contributed by atoms with Gasteiger partial charge in [0.2, 0.25) is 0 Å². The van der Waals surface area contributed by atoms with Gasteiger partial charge in [-0.3, -0.25) is 0 Å². The average Bonchev–Trinajstić information content (AvgIpc) is 3.29. The van der Waals surface area contributed by atoms with Crippen LogP contribution < -0.4 is 13.6 Å². The van der Waals surface area contributed by atoms with E-state index in [4.69, 9.17) is 13.6 Å². The quantitative estimate of drug-likeness (QED) is 0.114. The zero-order valence-electron chi connectivity index (χ0n) is 37.5. The van der Waals surface area contributed by atoms with Gasteiger partial charge >= 0.3 is 7.82 Å². The van der Waals surface area contributed by atoms with Crippen molar-refractivity contribution in [2.24, 2.45) is 0 Å². The molecule has 0 bridgehead atoms. The maximum absolute atomic E-state index is 17.2. The molecule has 0 unspecified atom stereocenters. The highest BCUT2D eigenvalue weighted by atomic mass is 79.9. The Morgan fingerprint density at radius 1 is 0.234 bits per heavy atom. The molecule has 9 aromatic carbocycles. The molecule has 77 heavy (non-hydrogen) atoms. The molecule has 23 heteroatoms. The van der Waals surface area contributed by atoms with Gasteiger partial charge in [-0.2, -0.15) is 4.57 Å². The highest BCUT2D eigenvalue weighted by Crippen LogP contribution is 2.61. The molecule has 0 saturated heterocycles. The van der Waals surface area contributed by atoms with Gasteiger partial charge in [-0.25, -0.2) is 0 Å². The van der Waals surface area contributed by atoms with E-state index in [-0.39, 0.29) is 17.2 Å². The standard InChI is InChI=1S/C54H21Br18O4P/c55-22-10-31(61)46(32(62)11-22)28-4-1-7-43(49(28)52-37(67)16-25(58)17-38(52)68)74-77(73,75-44-8-2-5-29(47-33(63)12-23(56)13-34(47)64)50(44)53-39(69)18-26(59)19-40(53)70)76-45-9-3-6-30(48-35(65)14-24(57)15-36(48)66)51(45)54-41(71)20-27(60)21-42(54)72/h1-21H. The first-order valence-corrected chi connectivity index (χ1v) is 37.1. The van der Waals surface area contributed by atoms with Crippen LogP contribution in [0.4, 0.5) is 0 Å². The summed E-state index contributed by atoms with van der Waals surface area (Å²) in [5, 5.41) is 0.